The third-order valence-electron chi connectivity index (χ3n) is 4.03. The summed E-state index contributed by atoms with van der Waals surface area (Å²) in [5.74, 6) is -0.525. The van der Waals surface area contributed by atoms with E-state index in [1.807, 2.05) is 5.38 Å². The second-order valence-corrected chi connectivity index (χ2v) is 6.18. The van der Waals surface area contributed by atoms with Crippen LogP contribution in [-0.2, 0) is 11.3 Å². The molecule has 0 aromatic carbocycles. The second-order valence-electron chi connectivity index (χ2n) is 5.46. The second kappa shape index (κ2) is 6.89. The normalized spacial score (nSPS) is 22.1. The van der Waals surface area contributed by atoms with Crippen LogP contribution in [0.5, 0.6) is 0 Å². The van der Waals surface area contributed by atoms with Crippen LogP contribution in [0.15, 0.2) is 10.9 Å². The number of aliphatic carboxylic acids is 1. The highest BCUT2D eigenvalue weighted by molar-refractivity contribution is 7.07. The number of carboxylic acids is 1. The Bertz CT molecular complexity index is 492. The fraction of sp³-hybridized carbons (Fsp3) is 0.643. The van der Waals surface area contributed by atoms with Gasteiger partial charge in [-0.3, -0.25) is 0 Å². The number of nitrogens with zero attached hydrogens (tertiary/aromatic N) is 3. The standard InChI is InChI=1S/C14H21N3O3S/c1-3-10-4-5-17(12(6-10)13(18)19)14(20)16(2)7-11-8-21-9-15-11/h8-10,12H,3-7H2,1-2H3,(H,18,19). The molecule has 0 radical (unpaired) electrons. The van der Waals surface area contributed by atoms with Crippen molar-refractivity contribution in [3.05, 3.63) is 16.6 Å². The van der Waals surface area contributed by atoms with Crippen LogP contribution >= 0.6 is 11.3 Å². The van der Waals surface area contributed by atoms with E-state index >= 15 is 0 Å². The summed E-state index contributed by atoms with van der Waals surface area (Å²) >= 11 is 1.48. The maximum atomic E-state index is 12.5. The minimum absolute atomic E-state index is 0.232. The first kappa shape index (κ1) is 15.8. The molecule has 2 atom stereocenters. The number of amides is 2. The first-order chi connectivity index (χ1) is 10.0. The average molecular weight is 311 g/mol. The third kappa shape index (κ3) is 3.72. The lowest BCUT2D eigenvalue weighted by molar-refractivity contribution is -0.144. The molecule has 2 rings (SSSR count). The maximum absolute atomic E-state index is 12.5. The fourth-order valence-electron chi connectivity index (χ4n) is 2.72. The Labute approximate surface area is 128 Å². The van der Waals surface area contributed by atoms with Gasteiger partial charge in [0.15, 0.2) is 0 Å². The van der Waals surface area contributed by atoms with E-state index in [1.54, 1.807) is 12.6 Å². The molecule has 6 nitrogen and oxygen atoms in total. The van der Waals surface area contributed by atoms with E-state index in [9.17, 15) is 14.7 Å². The molecular formula is C14H21N3O3S. The lowest BCUT2D eigenvalue weighted by atomic mass is 9.89. The summed E-state index contributed by atoms with van der Waals surface area (Å²) in [6.45, 7) is 2.98. The first-order valence-corrected chi connectivity index (χ1v) is 8.08. The highest BCUT2D eigenvalue weighted by Crippen LogP contribution is 2.26. The number of carboxylic acid groups (broad SMARTS) is 1. The van der Waals surface area contributed by atoms with Crippen LogP contribution in [0.25, 0.3) is 0 Å². The van der Waals surface area contributed by atoms with Crippen molar-refractivity contribution < 1.29 is 14.7 Å². The van der Waals surface area contributed by atoms with Crippen LogP contribution in [-0.4, -0.2) is 51.5 Å². The smallest absolute Gasteiger partial charge is 0.326 e. The van der Waals surface area contributed by atoms with Gasteiger partial charge >= 0.3 is 12.0 Å². The van der Waals surface area contributed by atoms with E-state index < -0.39 is 12.0 Å². The summed E-state index contributed by atoms with van der Waals surface area (Å²) in [7, 11) is 1.69. The molecule has 1 aliphatic heterocycles. The minimum Gasteiger partial charge on any atom is -0.480 e. The number of carbonyl (C=O) groups is 2. The predicted molar refractivity (Wildman–Crippen MR) is 80.1 cm³/mol. The number of hydrogen-bond donors (Lipinski definition) is 1. The van der Waals surface area contributed by atoms with Gasteiger partial charge in [-0.2, -0.15) is 0 Å². The van der Waals surface area contributed by atoms with Crippen molar-refractivity contribution in [3.63, 3.8) is 0 Å². The molecule has 1 saturated heterocycles. The van der Waals surface area contributed by atoms with Gasteiger partial charge in [0.1, 0.15) is 6.04 Å². The Hall–Kier alpha value is -1.63. The first-order valence-electron chi connectivity index (χ1n) is 7.14. The molecule has 2 heterocycles. The molecule has 7 heteroatoms. The predicted octanol–water partition coefficient (Wildman–Crippen LogP) is 2.27. The summed E-state index contributed by atoms with van der Waals surface area (Å²) in [4.78, 5) is 31.1. The largest absolute Gasteiger partial charge is 0.480 e. The van der Waals surface area contributed by atoms with Gasteiger partial charge in [0.05, 0.1) is 17.7 Å². The number of hydrogen-bond acceptors (Lipinski definition) is 4. The zero-order valence-electron chi connectivity index (χ0n) is 12.4. The number of urea groups is 1. The van der Waals surface area contributed by atoms with Crippen molar-refractivity contribution in [2.45, 2.75) is 38.8 Å². The molecule has 0 saturated carbocycles. The third-order valence-corrected chi connectivity index (χ3v) is 4.66. The van der Waals surface area contributed by atoms with Crippen LogP contribution in [0.4, 0.5) is 4.79 Å². The zero-order valence-corrected chi connectivity index (χ0v) is 13.2. The summed E-state index contributed by atoms with van der Waals surface area (Å²) in [6, 6.07) is -0.945. The van der Waals surface area contributed by atoms with Gasteiger partial charge in [0.25, 0.3) is 0 Å². The lowest BCUT2D eigenvalue weighted by Crippen LogP contribution is -2.53. The Kier molecular flexibility index (Phi) is 5.17. The molecule has 116 valence electrons. The highest BCUT2D eigenvalue weighted by Gasteiger charge is 2.36. The Morgan fingerprint density at radius 2 is 2.33 bits per heavy atom. The van der Waals surface area contributed by atoms with E-state index in [0.717, 1.165) is 18.5 Å². The number of rotatable bonds is 4. The quantitative estimate of drug-likeness (QED) is 0.925. The number of piperidine rings is 1. The molecule has 1 aliphatic rings. The molecule has 1 aromatic heterocycles. The van der Waals surface area contributed by atoms with E-state index in [4.69, 9.17) is 0 Å². The van der Waals surface area contributed by atoms with Crippen molar-refractivity contribution >= 4 is 23.3 Å². The van der Waals surface area contributed by atoms with Crippen molar-refractivity contribution in [2.75, 3.05) is 13.6 Å². The zero-order chi connectivity index (χ0) is 15.4. The summed E-state index contributed by atoms with van der Waals surface area (Å²) in [6.07, 6.45) is 2.37. The van der Waals surface area contributed by atoms with Crippen LogP contribution < -0.4 is 0 Å². The van der Waals surface area contributed by atoms with E-state index in [-0.39, 0.29) is 6.03 Å². The number of carbonyl (C=O) groups excluding carboxylic acids is 1. The molecule has 2 amide bonds. The van der Waals surface area contributed by atoms with Crippen LogP contribution in [0.2, 0.25) is 0 Å². The van der Waals surface area contributed by atoms with E-state index in [0.29, 0.717) is 25.4 Å². The van der Waals surface area contributed by atoms with Crippen LogP contribution in [0.3, 0.4) is 0 Å². The molecule has 0 aliphatic carbocycles. The van der Waals surface area contributed by atoms with Crippen molar-refractivity contribution in [1.82, 2.24) is 14.8 Å². The Morgan fingerprint density at radius 1 is 1.57 bits per heavy atom. The van der Waals surface area contributed by atoms with Crippen molar-refractivity contribution in [2.24, 2.45) is 5.92 Å². The van der Waals surface area contributed by atoms with Crippen molar-refractivity contribution in [1.29, 1.82) is 0 Å². The van der Waals surface area contributed by atoms with Gasteiger partial charge in [-0.1, -0.05) is 13.3 Å². The fourth-order valence-corrected chi connectivity index (χ4v) is 3.27. The molecular weight excluding hydrogens is 290 g/mol. The number of aromatic nitrogens is 1. The molecule has 0 bridgehead atoms. The van der Waals surface area contributed by atoms with Gasteiger partial charge < -0.3 is 14.9 Å². The van der Waals surface area contributed by atoms with E-state index in [2.05, 4.69) is 11.9 Å². The van der Waals surface area contributed by atoms with E-state index in [1.165, 1.54) is 21.1 Å². The maximum Gasteiger partial charge on any atom is 0.326 e. The average Bonchev–Trinajstić information content (AvgIpc) is 2.98. The number of thiazole rings is 1. The lowest BCUT2D eigenvalue weighted by Gasteiger charge is -2.38. The van der Waals surface area contributed by atoms with Crippen LogP contribution in [0.1, 0.15) is 31.9 Å². The monoisotopic (exact) mass is 311 g/mol. The van der Waals surface area contributed by atoms with Gasteiger partial charge in [-0.15, -0.1) is 11.3 Å². The minimum atomic E-state index is -0.913. The molecule has 1 aromatic rings. The topological polar surface area (TPSA) is 73.7 Å². The van der Waals surface area contributed by atoms with Gasteiger partial charge in [-0.25, -0.2) is 14.6 Å². The highest BCUT2D eigenvalue weighted by atomic mass is 32.1. The summed E-state index contributed by atoms with van der Waals surface area (Å²) in [5.41, 5.74) is 2.55. The van der Waals surface area contributed by atoms with Gasteiger partial charge in [0, 0.05) is 19.0 Å². The molecule has 0 spiro atoms. The SMILES string of the molecule is CCC1CCN(C(=O)N(C)Cc2cscn2)C(C(=O)O)C1. The Balaban J connectivity index is 2.04. The van der Waals surface area contributed by atoms with Gasteiger partial charge in [0.2, 0.25) is 0 Å². The van der Waals surface area contributed by atoms with Crippen molar-refractivity contribution in [3.8, 4) is 0 Å². The Morgan fingerprint density at radius 3 is 2.90 bits per heavy atom. The molecule has 1 N–H and O–H groups in total. The van der Waals surface area contributed by atoms with Gasteiger partial charge in [-0.05, 0) is 18.8 Å². The molecule has 1 fully saturated rings. The molecule has 21 heavy (non-hydrogen) atoms. The number of likely N-dealkylation sites (tertiary alicyclic amines) is 1. The summed E-state index contributed by atoms with van der Waals surface area (Å²) < 4.78 is 0. The molecule has 2 unspecified atom stereocenters. The van der Waals surface area contributed by atoms with Crippen LogP contribution in [0, 0.1) is 5.92 Å². The summed E-state index contributed by atoms with van der Waals surface area (Å²) in [5, 5.41) is 11.3.